The number of carbonyl (C=O) groups excluding carboxylic acids is 1. The monoisotopic (exact) mass is 294 g/mol. The highest BCUT2D eigenvalue weighted by atomic mass is 32.1. The number of carbonyl (C=O) groups is 1. The fourth-order valence-corrected chi connectivity index (χ4v) is 2.23. The number of amides is 1. The summed E-state index contributed by atoms with van der Waals surface area (Å²) in [4.78, 5) is 12.6. The first-order chi connectivity index (χ1) is 9.47. The molecule has 2 aromatic rings. The lowest BCUT2D eigenvalue weighted by Crippen LogP contribution is -2.16. The normalized spacial score (nSPS) is 10.7. The molecule has 0 aliphatic carbocycles. The minimum absolute atomic E-state index is 0.124. The fourth-order valence-electron chi connectivity index (χ4n) is 1.67. The molecule has 0 spiro atoms. The van der Waals surface area contributed by atoms with Crippen LogP contribution in [0.4, 0.5) is 15.8 Å². The van der Waals surface area contributed by atoms with E-state index in [1.165, 1.54) is 18.2 Å². The van der Waals surface area contributed by atoms with E-state index in [0.717, 1.165) is 11.5 Å². The first-order valence-electron chi connectivity index (χ1n) is 6.13. The van der Waals surface area contributed by atoms with Gasteiger partial charge in [0.2, 0.25) is 0 Å². The Balaban J connectivity index is 2.25. The summed E-state index contributed by atoms with van der Waals surface area (Å²) < 4.78 is 17.0. The molecule has 0 bridgehead atoms. The van der Waals surface area contributed by atoms with Gasteiger partial charge in [-0.3, -0.25) is 4.79 Å². The van der Waals surface area contributed by atoms with Gasteiger partial charge in [-0.1, -0.05) is 4.49 Å². The smallest absolute Gasteiger partial charge is 0.269 e. The van der Waals surface area contributed by atoms with Crippen molar-refractivity contribution < 1.29 is 9.18 Å². The second kappa shape index (κ2) is 5.96. The number of hydrogen-bond donors (Lipinski definition) is 2. The number of aryl methyl sites for hydroxylation is 1. The first kappa shape index (κ1) is 14.4. The summed E-state index contributed by atoms with van der Waals surface area (Å²) in [6.07, 6.45) is 0. The zero-order valence-corrected chi connectivity index (χ0v) is 12.2. The van der Waals surface area contributed by atoms with Crippen LogP contribution in [0.3, 0.4) is 0 Å². The molecule has 0 fully saturated rings. The lowest BCUT2D eigenvalue weighted by molar-refractivity contribution is 0.103. The van der Waals surface area contributed by atoms with Gasteiger partial charge in [0.1, 0.15) is 10.7 Å². The average Bonchev–Trinajstić information content (AvgIpc) is 2.78. The van der Waals surface area contributed by atoms with Gasteiger partial charge in [-0.25, -0.2) is 4.39 Å². The molecule has 0 aliphatic rings. The Morgan fingerprint density at radius 3 is 2.70 bits per heavy atom. The highest BCUT2D eigenvalue weighted by Gasteiger charge is 2.15. The molecule has 0 atom stereocenters. The Morgan fingerprint density at radius 2 is 2.10 bits per heavy atom. The molecule has 1 aromatic carbocycles. The molecule has 0 saturated carbocycles. The molecule has 1 aromatic heterocycles. The third-order valence-electron chi connectivity index (χ3n) is 2.53. The molecule has 0 unspecified atom stereocenters. The molecular weight excluding hydrogens is 279 g/mol. The zero-order valence-electron chi connectivity index (χ0n) is 11.4. The molecule has 0 saturated heterocycles. The summed E-state index contributed by atoms with van der Waals surface area (Å²) in [6, 6.07) is 4.31. The number of halogens is 1. The minimum atomic E-state index is -0.359. The number of nitrogens with zero attached hydrogens (tertiary/aromatic N) is 2. The molecule has 0 radical (unpaired) electrons. The molecule has 0 aliphatic heterocycles. The van der Waals surface area contributed by atoms with Crippen LogP contribution in [0.5, 0.6) is 0 Å². The van der Waals surface area contributed by atoms with Crippen molar-refractivity contribution >= 4 is 28.8 Å². The van der Waals surface area contributed by atoms with E-state index in [-0.39, 0.29) is 17.8 Å². The molecule has 5 nitrogen and oxygen atoms in total. The molecule has 1 amide bonds. The molecule has 1 heterocycles. The van der Waals surface area contributed by atoms with E-state index in [4.69, 9.17) is 0 Å². The van der Waals surface area contributed by atoms with Crippen molar-refractivity contribution in [2.75, 3.05) is 10.6 Å². The van der Waals surface area contributed by atoms with Crippen molar-refractivity contribution in [2.24, 2.45) is 0 Å². The second-order valence-electron chi connectivity index (χ2n) is 4.63. The molecule has 2 N–H and O–H groups in total. The van der Waals surface area contributed by atoms with Crippen molar-refractivity contribution in [1.82, 2.24) is 9.59 Å². The SMILES string of the molecule is Cc1nnsc1C(=O)Nc1ccc(F)cc1NC(C)C. The van der Waals surface area contributed by atoms with Crippen molar-refractivity contribution in [3.63, 3.8) is 0 Å². The molecule has 7 heteroatoms. The van der Waals surface area contributed by atoms with E-state index in [9.17, 15) is 9.18 Å². The number of hydrogen-bond acceptors (Lipinski definition) is 5. The van der Waals surface area contributed by atoms with Gasteiger partial charge in [-0.15, -0.1) is 5.10 Å². The van der Waals surface area contributed by atoms with E-state index in [1.54, 1.807) is 6.92 Å². The van der Waals surface area contributed by atoms with Crippen LogP contribution >= 0.6 is 11.5 Å². The predicted molar refractivity (Wildman–Crippen MR) is 77.8 cm³/mol. The van der Waals surface area contributed by atoms with Crippen LogP contribution in [0, 0.1) is 12.7 Å². The van der Waals surface area contributed by atoms with Gasteiger partial charge in [-0.2, -0.15) is 0 Å². The topological polar surface area (TPSA) is 66.9 Å². The number of rotatable bonds is 4. The number of benzene rings is 1. The average molecular weight is 294 g/mol. The number of anilines is 2. The van der Waals surface area contributed by atoms with Crippen LogP contribution in [-0.2, 0) is 0 Å². The zero-order chi connectivity index (χ0) is 14.7. The lowest BCUT2D eigenvalue weighted by Gasteiger charge is -2.15. The molecule has 2 rings (SSSR count). The maximum atomic E-state index is 13.3. The van der Waals surface area contributed by atoms with Crippen LogP contribution in [0.15, 0.2) is 18.2 Å². The molecule has 106 valence electrons. The van der Waals surface area contributed by atoms with Crippen molar-refractivity contribution in [2.45, 2.75) is 26.8 Å². The Hall–Kier alpha value is -2.02. The van der Waals surface area contributed by atoms with Crippen LogP contribution in [0.25, 0.3) is 0 Å². The van der Waals surface area contributed by atoms with Gasteiger partial charge >= 0.3 is 0 Å². The maximum absolute atomic E-state index is 13.3. The lowest BCUT2D eigenvalue weighted by atomic mass is 10.2. The van der Waals surface area contributed by atoms with E-state index in [0.29, 0.717) is 21.9 Å². The van der Waals surface area contributed by atoms with Crippen LogP contribution < -0.4 is 10.6 Å². The van der Waals surface area contributed by atoms with E-state index >= 15 is 0 Å². The molecule has 20 heavy (non-hydrogen) atoms. The summed E-state index contributed by atoms with van der Waals surface area (Å²) in [5, 5.41) is 9.64. The minimum Gasteiger partial charge on any atom is -0.381 e. The van der Waals surface area contributed by atoms with E-state index in [1.807, 2.05) is 13.8 Å². The largest absolute Gasteiger partial charge is 0.381 e. The van der Waals surface area contributed by atoms with Crippen molar-refractivity contribution in [3.8, 4) is 0 Å². The Bertz CT molecular complexity index is 627. The van der Waals surface area contributed by atoms with Gasteiger partial charge < -0.3 is 10.6 Å². The summed E-state index contributed by atoms with van der Waals surface area (Å²) >= 11 is 1.03. The maximum Gasteiger partial charge on any atom is 0.269 e. The van der Waals surface area contributed by atoms with Crippen molar-refractivity contribution in [1.29, 1.82) is 0 Å². The van der Waals surface area contributed by atoms with Gasteiger partial charge in [0.05, 0.1) is 17.1 Å². The van der Waals surface area contributed by atoms with E-state index in [2.05, 4.69) is 20.2 Å². The summed E-state index contributed by atoms with van der Waals surface area (Å²) in [5.41, 5.74) is 1.65. The Kier molecular flexibility index (Phi) is 4.29. The quantitative estimate of drug-likeness (QED) is 0.909. The highest BCUT2D eigenvalue weighted by molar-refractivity contribution is 7.08. The summed E-state index contributed by atoms with van der Waals surface area (Å²) in [6.45, 7) is 5.60. The van der Waals surface area contributed by atoms with Crippen LogP contribution in [-0.4, -0.2) is 21.5 Å². The van der Waals surface area contributed by atoms with Gasteiger partial charge in [-0.05, 0) is 50.5 Å². The predicted octanol–water partition coefficient (Wildman–Crippen LogP) is 3.06. The summed E-state index contributed by atoms with van der Waals surface area (Å²) in [7, 11) is 0. The van der Waals surface area contributed by atoms with Gasteiger partial charge in [0.15, 0.2) is 0 Å². The summed E-state index contributed by atoms with van der Waals surface area (Å²) in [5.74, 6) is -0.655. The van der Waals surface area contributed by atoms with Crippen molar-refractivity contribution in [3.05, 3.63) is 34.6 Å². The second-order valence-corrected chi connectivity index (χ2v) is 5.38. The Labute approximate surface area is 120 Å². The van der Waals surface area contributed by atoms with Crippen LogP contribution in [0.1, 0.15) is 29.2 Å². The van der Waals surface area contributed by atoms with E-state index < -0.39 is 0 Å². The third kappa shape index (κ3) is 3.30. The third-order valence-corrected chi connectivity index (χ3v) is 3.36. The number of aromatic nitrogens is 2. The number of nitrogens with one attached hydrogen (secondary N) is 2. The first-order valence-corrected chi connectivity index (χ1v) is 6.91. The standard InChI is InChI=1S/C13H15FN4OS/c1-7(2)15-11-6-9(14)4-5-10(11)16-13(19)12-8(3)17-18-20-12/h4-7,15H,1-3H3,(H,16,19). The highest BCUT2D eigenvalue weighted by Crippen LogP contribution is 2.25. The molecular formula is C13H15FN4OS. The Morgan fingerprint density at radius 1 is 1.35 bits per heavy atom. The fraction of sp³-hybridized carbons (Fsp3) is 0.308. The van der Waals surface area contributed by atoms with Gasteiger partial charge in [0.25, 0.3) is 5.91 Å². The van der Waals surface area contributed by atoms with Crippen LogP contribution in [0.2, 0.25) is 0 Å². The van der Waals surface area contributed by atoms with Gasteiger partial charge in [0, 0.05) is 6.04 Å².